The number of thiazole rings is 1. The van der Waals surface area contributed by atoms with E-state index in [-0.39, 0.29) is 5.91 Å². The molecule has 25 heavy (non-hydrogen) atoms. The minimum absolute atomic E-state index is 0.264. The van der Waals surface area contributed by atoms with E-state index in [2.05, 4.69) is 20.5 Å². The molecule has 126 valence electrons. The van der Waals surface area contributed by atoms with E-state index in [1.807, 2.05) is 19.1 Å². The number of halogens is 1. The van der Waals surface area contributed by atoms with Gasteiger partial charge < -0.3 is 5.32 Å². The van der Waals surface area contributed by atoms with E-state index in [9.17, 15) is 4.79 Å². The summed E-state index contributed by atoms with van der Waals surface area (Å²) < 4.78 is 4.09. The zero-order valence-electron chi connectivity index (χ0n) is 13.4. The Labute approximate surface area is 151 Å². The molecule has 4 rings (SSSR count). The minimum atomic E-state index is -0.264. The zero-order chi connectivity index (χ0) is 17.6. The van der Waals surface area contributed by atoms with Crippen molar-refractivity contribution in [2.45, 2.75) is 6.92 Å². The summed E-state index contributed by atoms with van der Waals surface area (Å²) in [5, 5.41) is 12.5. The van der Waals surface area contributed by atoms with Gasteiger partial charge in [0.05, 0.1) is 15.4 Å². The van der Waals surface area contributed by atoms with Gasteiger partial charge in [0, 0.05) is 19.3 Å². The van der Waals surface area contributed by atoms with Crippen LogP contribution in [0, 0.1) is 6.92 Å². The van der Waals surface area contributed by atoms with E-state index in [0.29, 0.717) is 21.7 Å². The van der Waals surface area contributed by atoms with Crippen molar-refractivity contribution in [2.24, 2.45) is 7.05 Å². The monoisotopic (exact) mass is 372 g/mol. The van der Waals surface area contributed by atoms with Crippen molar-refractivity contribution in [1.29, 1.82) is 0 Å². The number of hydrogen-bond donors (Lipinski definition) is 1. The first-order chi connectivity index (χ1) is 12.0. The number of carbonyl (C=O) groups is 1. The van der Waals surface area contributed by atoms with Crippen molar-refractivity contribution >= 4 is 44.9 Å². The molecular formula is C16H13ClN6OS. The number of carbonyl (C=O) groups excluding carboxylic acids is 1. The molecule has 0 radical (unpaired) electrons. The van der Waals surface area contributed by atoms with E-state index >= 15 is 0 Å². The Morgan fingerprint density at radius 3 is 2.88 bits per heavy atom. The molecule has 0 aliphatic heterocycles. The number of fused-ring (bicyclic) bond motifs is 1. The van der Waals surface area contributed by atoms with Crippen LogP contribution in [0.3, 0.4) is 0 Å². The summed E-state index contributed by atoms with van der Waals surface area (Å²) in [5.41, 5.74) is 1.95. The Bertz CT molecular complexity index is 1100. The molecule has 0 atom stereocenters. The average molecular weight is 373 g/mol. The van der Waals surface area contributed by atoms with Crippen LogP contribution in [0.5, 0.6) is 0 Å². The summed E-state index contributed by atoms with van der Waals surface area (Å²) in [5.74, 6) is 0.277. The van der Waals surface area contributed by atoms with Crippen LogP contribution in [0.2, 0.25) is 5.02 Å². The Balaban J connectivity index is 1.74. The minimum Gasteiger partial charge on any atom is -0.305 e. The van der Waals surface area contributed by atoms with Gasteiger partial charge in [0.1, 0.15) is 17.0 Å². The van der Waals surface area contributed by atoms with Gasteiger partial charge in [0.25, 0.3) is 5.91 Å². The molecule has 0 fully saturated rings. The van der Waals surface area contributed by atoms with E-state index in [1.165, 1.54) is 16.0 Å². The first-order valence-corrected chi connectivity index (χ1v) is 8.64. The first kappa shape index (κ1) is 15.8. The number of aryl methyl sites for hydroxylation is 2. The number of nitrogens with one attached hydrogen (secondary N) is 1. The number of hydrogen-bond acceptors (Lipinski definition) is 5. The molecule has 0 unspecified atom stereocenters. The molecule has 0 saturated carbocycles. The highest BCUT2D eigenvalue weighted by Crippen LogP contribution is 2.31. The van der Waals surface area contributed by atoms with E-state index in [1.54, 1.807) is 36.1 Å². The van der Waals surface area contributed by atoms with Crippen LogP contribution in [-0.4, -0.2) is 30.5 Å². The average Bonchev–Trinajstić information content (AvgIpc) is 3.26. The van der Waals surface area contributed by atoms with E-state index in [0.717, 1.165) is 15.9 Å². The van der Waals surface area contributed by atoms with Crippen LogP contribution in [-0.2, 0) is 7.05 Å². The fourth-order valence-corrected chi connectivity index (χ4v) is 3.74. The molecule has 9 heteroatoms. The summed E-state index contributed by atoms with van der Waals surface area (Å²) in [7, 11) is 1.72. The van der Waals surface area contributed by atoms with Crippen LogP contribution in [0.4, 0.5) is 5.82 Å². The van der Waals surface area contributed by atoms with Crippen molar-refractivity contribution < 1.29 is 4.79 Å². The van der Waals surface area contributed by atoms with Gasteiger partial charge >= 0.3 is 0 Å². The van der Waals surface area contributed by atoms with Crippen molar-refractivity contribution in [3.8, 4) is 5.13 Å². The molecule has 0 aliphatic rings. The molecule has 3 aromatic heterocycles. The molecule has 3 heterocycles. The quantitative estimate of drug-likeness (QED) is 0.597. The normalized spacial score (nSPS) is 11.2. The van der Waals surface area contributed by atoms with Gasteiger partial charge in [-0.1, -0.05) is 29.0 Å². The predicted molar refractivity (Wildman–Crippen MR) is 97.7 cm³/mol. The molecule has 7 nitrogen and oxygen atoms in total. The molecule has 1 amide bonds. The summed E-state index contributed by atoms with van der Waals surface area (Å²) in [4.78, 5) is 17.0. The predicted octanol–water partition coefficient (Wildman–Crippen LogP) is 3.43. The third-order valence-corrected chi connectivity index (χ3v) is 4.97. The molecule has 4 aromatic rings. The lowest BCUT2D eigenvalue weighted by molar-refractivity contribution is 0.101. The number of amides is 1. The lowest BCUT2D eigenvalue weighted by Gasteiger charge is -2.06. The van der Waals surface area contributed by atoms with Gasteiger partial charge in [-0.2, -0.15) is 14.9 Å². The van der Waals surface area contributed by atoms with Gasteiger partial charge in [-0.15, -0.1) is 0 Å². The fourth-order valence-electron chi connectivity index (χ4n) is 2.51. The van der Waals surface area contributed by atoms with Gasteiger partial charge in [0.2, 0.25) is 5.13 Å². The zero-order valence-corrected chi connectivity index (χ0v) is 15.0. The highest BCUT2D eigenvalue weighted by Gasteiger charge is 2.17. The summed E-state index contributed by atoms with van der Waals surface area (Å²) in [6, 6.07) is 9.08. The van der Waals surface area contributed by atoms with Crippen molar-refractivity contribution in [3.05, 3.63) is 52.9 Å². The second-order valence-corrected chi connectivity index (χ2v) is 6.88. The number of nitrogens with zero attached hydrogens (tertiary/aromatic N) is 5. The number of benzene rings is 1. The summed E-state index contributed by atoms with van der Waals surface area (Å²) in [6.07, 6.45) is 1.58. The SMILES string of the molecule is Cc1cc(NC(=O)c2ccnn2C)n(-c2nc3c(Cl)cccc3s2)n1. The third-order valence-electron chi connectivity index (χ3n) is 3.67. The van der Waals surface area contributed by atoms with Crippen molar-refractivity contribution in [1.82, 2.24) is 24.5 Å². The van der Waals surface area contributed by atoms with Crippen LogP contribution in [0.15, 0.2) is 36.5 Å². The topological polar surface area (TPSA) is 77.6 Å². The lowest BCUT2D eigenvalue weighted by Crippen LogP contribution is -2.18. The maximum Gasteiger partial charge on any atom is 0.275 e. The summed E-state index contributed by atoms with van der Waals surface area (Å²) in [6.45, 7) is 1.86. The number of rotatable bonds is 3. The molecule has 1 aromatic carbocycles. The molecular weight excluding hydrogens is 360 g/mol. The standard InChI is InChI=1S/C16H13ClN6OS/c1-9-8-13(19-15(24)11-6-7-18-22(11)2)23(21-9)16-20-14-10(17)4-3-5-12(14)25-16/h3-8H,1-2H3,(H,19,24). The second kappa shape index (κ2) is 5.98. The number of para-hydroxylation sites is 1. The maximum absolute atomic E-state index is 12.5. The highest BCUT2D eigenvalue weighted by atomic mass is 35.5. The van der Waals surface area contributed by atoms with Crippen LogP contribution >= 0.6 is 22.9 Å². The highest BCUT2D eigenvalue weighted by molar-refractivity contribution is 7.20. The maximum atomic E-state index is 12.5. The Hall–Kier alpha value is -2.71. The Kier molecular flexibility index (Phi) is 3.78. The van der Waals surface area contributed by atoms with E-state index in [4.69, 9.17) is 11.6 Å². The molecule has 0 spiro atoms. The first-order valence-electron chi connectivity index (χ1n) is 7.44. The second-order valence-electron chi connectivity index (χ2n) is 5.46. The van der Waals surface area contributed by atoms with Crippen LogP contribution < -0.4 is 5.32 Å². The number of aromatic nitrogens is 5. The lowest BCUT2D eigenvalue weighted by atomic mass is 10.3. The van der Waals surface area contributed by atoms with Crippen LogP contribution in [0.1, 0.15) is 16.2 Å². The Morgan fingerprint density at radius 1 is 1.32 bits per heavy atom. The van der Waals surface area contributed by atoms with E-state index < -0.39 is 0 Å². The Morgan fingerprint density at radius 2 is 2.16 bits per heavy atom. The number of anilines is 1. The molecule has 1 N–H and O–H groups in total. The van der Waals surface area contributed by atoms with Gasteiger partial charge in [0.15, 0.2) is 0 Å². The smallest absolute Gasteiger partial charge is 0.275 e. The molecule has 0 saturated heterocycles. The van der Waals surface area contributed by atoms with Gasteiger partial charge in [-0.25, -0.2) is 4.98 Å². The van der Waals surface area contributed by atoms with Gasteiger partial charge in [-0.3, -0.25) is 9.48 Å². The fraction of sp³-hybridized carbons (Fsp3) is 0.125. The third kappa shape index (κ3) is 2.79. The van der Waals surface area contributed by atoms with Gasteiger partial charge in [-0.05, 0) is 25.1 Å². The molecule has 0 bridgehead atoms. The molecule has 0 aliphatic carbocycles. The largest absolute Gasteiger partial charge is 0.305 e. The van der Waals surface area contributed by atoms with Crippen molar-refractivity contribution in [2.75, 3.05) is 5.32 Å². The summed E-state index contributed by atoms with van der Waals surface area (Å²) >= 11 is 7.66. The van der Waals surface area contributed by atoms with Crippen molar-refractivity contribution in [3.63, 3.8) is 0 Å². The van der Waals surface area contributed by atoms with Crippen LogP contribution in [0.25, 0.3) is 15.3 Å².